The summed E-state index contributed by atoms with van der Waals surface area (Å²) < 4.78 is 1.94. The molecular weight excluding hydrogens is 308 g/mol. The van der Waals surface area contributed by atoms with Gasteiger partial charge in [-0.05, 0) is 25.3 Å². The molecule has 0 spiro atoms. The molecule has 1 N–H and O–H groups in total. The fraction of sp³-hybridized carbons (Fsp3) is 0.500. The standard InChI is InChI=1S/C16H20N6O2/c1-20-10-18-19-16(20)11-3-2-8-21(9-11)15-12-6-7-17-13(12)4-5-14(15)22(23)24/h4-5,10-11,17H,2-3,6-9H2,1H3. The van der Waals surface area contributed by atoms with E-state index in [2.05, 4.69) is 20.4 Å². The highest BCUT2D eigenvalue weighted by molar-refractivity contribution is 5.78. The number of hydrogen-bond donors (Lipinski definition) is 1. The summed E-state index contributed by atoms with van der Waals surface area (Å²) >= 11 is 0. The molecule has 1 saturated heterocycles. The molecule has 0 radical (unpaired) electrons. The molecule has 24 heavy (non-hydrogen) atoms. The molecule has 1 aromatic carbocycles. The number of nitro benzene ring substituents is 1. The molecule has 2 aliphatic heterocycles. The van der Waals surface area contributed by atoms with Crippen LogP contribution in [0.4, 0.5) is 17.1 Å². The summed E-state index contributed by atoms with van der Waals surface area (Å²) in [5.41, 5.74) is 3.09. The van der Waals surface area contributed by atoms with Crippen LogP contribution in [0.25, 0.3) is 0 Å². The Bertz CT molecular complexity index is 787. The number of fused-ring (bicyclic) bond motifs is 1. The van der Waals surface area contributed by atoms with Gasteiger partial charge in [-0.3, -0.25) is 10.1 Å². The van der Waals surface area contributed by atoms with Gasteiger partial charge < -0.3 is 14.8 Å². The molecule has 0 aliphatic carbocycles. The number of nitrogens with one attached hydrogen (secondary N) is 1. The highest BCUT2D eigenvalue weighted by Gasteiger charge is 2.32. The van der Waals surface area contributed by atoms with Crippen molar-refractivity contribution in [2.45, 2.75) is 25.2 Å². The van der Waals surface area contributed by atoms with E-state index < -0.39 is 0 Å². The minimum absolute atomic E-state index is 0.205. The number of benzene rings is 1. The molecule has 1 atom stereocenters. The molecule has 8 nitrogen and oxygen atoms in total. The van der Waals surface area contributed by atoms with Crippen molar-refractivity contribution in [1.82, 2.24) is 14.8 Å². The van der Waals surface area contributed by atoms with E-state index in [1.807, 2.05) is 17.7 Å². The molecule has 1 fully saturated rings. The van der Waals surface area contributed by atoms with E-state index >= 15 is 0 Å². The number of rotatable bonds is 3. The summed E-state index contributed by atoms with van der Waals surface area (Å²) in [5, 5.41) is 23.1. The number of piperidine rings is 1. The van der Waals surface area contributed by atoms with Crippen LogP contribution in [0.5, 0.6) is 0 Å². The lowest BCUT2D eigenvalue weighted by atomic mass is 9.95. The molecule has 8 heteroatoms. The third-order valence-corrected chi connectivity index (χ3v) is 5.00. The van der Waals surface area contributed by atoms with Crippen LogP contribution in [0.3, 0.4) is 0 Å². The van der Waals surface area contributed by atoms with Gasteiger partial charge in [-0.15, -0.1) is 10.2 Å². The molecule has 1 aromatic heterocycles. The summed E-state index contributed by atoms with van der Waals surface area (Å²) in [5.74, 6) is 1.20. The minimum Gasteiger partial charge on any atom is -0.384 e. The number of hydrogen-bond acceptors (Lipinski definition) is 6. The van der Waals surface area contributed by atoms with Crippen molar-refractivity contribution >= 4 is 17.1 Å². The first kappa shape index (κ1) is 14.9. The number of nitrogens with zero attached hydrogens (tertiary/aromatic N) is 5. The average Bonchev–Trinajstić information content (AvgIpc) is 3.22. The fourth-order valence-electron chi connectivity index (χ4n) is 3.92. The summed E-state index contributed by atoms with van der Waals surface area (Å²) in [6, 6.07) is 3.45. The van der Waals surface area contributed by atoms with Gasteiger partial charge in [0.1, 0.15) is 17.8 Å². The zero-order chi connectivity index (χ0) is 16.7. The van der Waals surface area contributed by atoms with Gasteiger partial charge in [0, 0.05) is 49.9 Å². The maximum atomic E-state index is 11.6. The first-order chi connectivity index (χ1) is 11.6. The summed E-state index contributed by atoms with van der Waals surface area (Å²) in [7, 11) is 1.95. The first-order valence-corrected chi connectivity index (χ1v) is 8.28. The van der Waals surface area contributed by atoms with E-state index in [0.29, 0.717) is 0 Å². The van der Waals surface area contributed by atoms with Crippen molar-refractivity contribution in [3.63, 3.8) is 0 Å². The van der Waals surface area contributed by atoms with Crippen LogP contribution in [-0.2, 0) is 13.5 Å². The van der Waals surface area contributed by atoms with Gasteiger partial charge in [-0.2, -0.15) is 0 Å². The van der Waals surface area contributed by atoms with Crippen LogP contribution in [0.15, 0.2) is 18.5 Å². The molecule has 0 amide bonds. The lowest BCUT2D eigenvalue weighted by Gasteiger charge is -2.34. The van der Waals surface area contributed by atoms with Crippen LogP contribution in [0, 0.1) is 10.1 Å². The Hall–Kier alpha value is -2.64. The fourth-order valence-corrected chi connectivity index (χ4v) is 3.92. The quantitative estimate of drug-likeness (QED) is 0.685. The van der Waals surface area contributed by atoms with Crippen LogP contribution >= 0.6 is 0 Å². The predicted octanol–water partition coefficient (Wildman–Crippen LogP) is 2.08. The average molecular weight is 328 g/mol. The molecule has 4 rings (SSSR count). The monoisotopic (exact) mass is 328 g/mol. The van der Waals surface area contributed by atoms with Crippen LogP contribution < -0.4 is 10.2 Å². The molecular formula is C16H20N6O2. The van der Waals surface area contributed by atoms with Gasteiger partial charge in [-0.1, -0.05) is 0 Å². The largest absolute Gasteiger partial charge is 0.384 e. The second kappa shape index (κ2) is 5.77. The smallest absolute Gasteiger partial charge is 0.292 e. The highest BCUT2D eigenvalue weighted by atomic mass is 16.6. The van der Waals surface area contributed by atoms with E-state index in [1.165, 1.54) is 0 Å². The van der Waals surface area contributed by atoms with Crippen molar-refractivity contribution in [1.29, 1.82) is 0 Å². The maximum absolute atomic E-state index is 11.6. The van der Waals surface area contributed by atoms with Gasteiger partial charge >= 0.3 is 0 Å². The van der Waals surface area contributed by atoms with E-state index in [1.54, 1.807) is 12.4 Å². The molecule has 0 saturated carbocycles. The predicted molar refractivity (Wildman–Crippen MR) is 90.5 cm³/mol. The molecule has 0 bridgehead atoms. The molecule has 1 unspecified atom stereocenters. The third-order valence-electron chi connectivity index (χ3n) is 5.00. The number of aryl methyl sites for hydroxylation is 1. The van der Waals surface area contributed by atoms with E-state index in [-0.39, 0.29) is 16.5 Å². The lowest BCUT2D eigenvalue weighted by Crippen LogP contribution is -2.36. The van der Waals surface area contributed by atoms with Gasteiger partial charge in [-0.25, -0.2) is 0 Å². The number of anilines is 2. The molecule has 126 valence electrons. The Labute approximate surface area is 139 Å². The Morgan fingerprint density at radius 2 is 2.29 bits per heavy atom. The zero-order valence-electron chi connectivity index (χ0n) is 13.6. The summed E-state index contributed by atoms with van der Waals surface area (Å²) in [4.78, 5) is 13.5. The van der Waals surface area contributed by atoms with Crippen molar-refractivity contribution < 1.29 is 4.92 Å². The van der Waals surface area contributed by atoms with Crippen LogP contribution in [0.2, 0.25) is 0 Å². The lowest BCUT2D eigenvalue weighted by molar-refractivity contribution is -0.384. The summed E-state index contributed by atoms with van der Waals surface area (Å²) in [6.07, 6.45) is 4.56. The van der Waals surface area contributed by atoms with Crippen molar-refractivity contribution in [2.75, 3.05) is 29.9 Å². The van der Waals surface area contributed by atoms with Gasteiger partial charge in [0.2, 0.25) is 0 Å². The van der Waals surface area contributed by atoms with Crippen LogP contribution in [-0.4, -0.2) is 39.3 Å². The van der Waals surface area contributed by atoms with Crippen molar-refractivity contribution in [2.24, 2.45) is 7.05 Å². The molecule has 2 aromatic rings. The highest BCUT2D eigenvalue weighted by Crippen LogP contribution is 2.41. The Morgan fingerprint density at radius 3 is 3.04 bits per heavy atom. The Morgan fingerprint density at radius 1 is 1.42 bits per heavy atom. The Balaban J connectivity index is 1.72. The maximum Gasteiger partial charge on any atom is 0.292 e. The SMILES string of the molecule is Cn1cnnc1C1CCCN(c2c([N+](=O)[O-])ccc3c2CCN3)C1. The minimum atomic E-state index is -0.264. The van der Waals surface area contributed by atoms with Gasteiger partial charge in [0.05, 0.1) is 4.92 Å². The van der Waals surface area contributed by atoms with Crippen molar-refractivity contribution in [3.8, 4) is 0 Å². The van der Waals surface area contributed by atoms with E-state index in [0.717, 1.165) is 61.7 Å². The first-order valence-electron chi connectivity index (χ1n) is 8.28. The summed E-state index contributed by atoms with van der Waals surface area (Å²) in [6.45, 7) is 2.42. The van der Waals surface area contributed by atoms with Crippen molar-refractivity contribution in [3.05, 3.63) is 40.0 Å². The second-order valence-corrected chi connectivity index (χ2v) is 6.48. The normalized spacial score (nSPS) is 19.9. The van der Waals surface area contributed by atoms with E-state index in [4.69, 9.17) is 0 Å². The molecule has 2 aliphatic rings. The number of nitro groups is 1. The molecule has 3 heterocycles. The second-order valence-electron chi connectivity index (χ2n) is 6.48. The van der Waals surface area contributed by atoms with E-state index in [9.17, 15) is 10.1 Å². The van der Waals surface area contributed by atoms with Gasteiger partial charge in [0.25, 0.3) is 5.69 Å². The van der Waals surface area contributed by atoms with Gasteiger partial charge in [0.15, 0.2) is 0 Å². The zero-order valence-corrected chi connectivity index (χ0v) is 13.6. The van der Waals surface area contributed by atoms with Crippen LogP contribution in [0.1, 0.15) is 30.1 Å². The number of aromatic nitrogens is 3. The topological polar surface area (TPSA) is 89.1 Å². The third kappa shape index (κ3) is 2.38. The Kier molecular flexibility index (Phi) is 3.59.